The number of hydrogen-bond acceptors (Lipinski definition) is 2. The number of fused-ring (bicyclic) bond motifs is 1. The first-order chi connectivity index (χ1) is 14.1. The Bertz CT molecular complexity index is 1070. The Kier molecular flexibility index (Phi) is 5.74. The third kappa shape index (κ3) is 4.09. The fourth-order valence-electron chi connectivity index (χ4n) is 3.90. The Morgan fingerprint density at radius 2 is 2.10 bits per heavy atom. The molecular formula is C24H26ClN3O. The van der Waals surface area contributed by atoms with Crippen LogP contribution in [0.2, 0.25) is 5.02 Å². The molecule has 1 atom stereocenters. The minimum Gasteiger partial charge on any atom is -0.361 e. The van der Waals surface area contributed by atoms with Gasteiger partial charge in [0.2, 0.25) is 0 Å². The fourth-order valence-corrected chi connectivity index (χ4v) is 4.12. The molecule has 4 nitrogen and oxygen atoms in total. The molecule has 2 heterocycles. The second-order valence-electron chi connectivity index (χ2n) is 7.63. The minimum atomic E-state index is -0.201. The lowest BCUT2D eigenvalue weighted by atomic mass is 9.97. The molecule has 0 saturated carbocycles. The number of rotatable bonds is 5. The van der Waals surface area contributed by atoms with E-state index in [4.69, 9.17) is 11.6 Å². The van der Waals surface area contributed by atoms with Crippen molar-refractivity contribution in [3.63, 3.8) is 0 Å². The number of amides is 1. The molecule has 2 N–H and O–H groups in total. The zero-order chi connectivity index (χ0) is 20.4. The first kappa shape index (κ1) is 19.7. The summed E-state index contributed by atoms with van der Waals surface area (Å²) in [6.45, 7) is 6.59. The van der Waals surface area contributed by atoms with Crippen molar-refractivity contribution in [2.75, 3.05) is 18.4 Å². The number of aromatic amines is 1. The maximum absolute atomic E-state index is 12.6. The lowest BCUT2D eigenvalue weighted by Gasteiger charge is -2.31. The highest BCUT2D eigenvalue weighted by molar-refractivity contribution is 6.34. The van der Waals surface area contributed by atoms with Crippen LogP contribution in [-0.4, -0.2) is 34.9 Å². The molecule has 1 amide bonds. The van der Waals surface area contributed by atoms with Gasteiger partial charge < -0.3 is 10.3 Å². The zero-order valence-corrected chi connectivity index (χ0v) is 17.6. The summed E-state index contributed by atoms with van der Waals surface area (Å²) >= 11 is 6.16. The van der Waals surface area contributed by atoms with Gasteiger partial charge in [0.05, 0.1) is 10.6 Å². The van der Waals surface area contributed by atoms with Crippen molar-refractivity contribution in [3.05, 3.63) is 70.9 Å². The number of aromatic nitrogens is 1. The van der Waals surface area contributed by atoms with Crippen LogP contribution in [0.15, 0.2) is 54.7 Å². The molecule has 150 valence electrons. The average Bonchev–Trinajstić information content (AvgIpc) is 3.17. The Hall–Kier alpha value is -2.56. The third-order valence-corrected chi connectivity index (χ3v) is 6.19. The smallest absolute Gasteiger partial charge is 0.257 e. The summed E-state index contributed by atoms with van der Waals surface area (Å²) in [5.41, 5.74) is 4.90. The number of nitrogens with zero attached hydrogens (tertiary/aromatic N) is 1. The first-order valence-electron chi connectivity index (χ1n) is 10.2. The second kappa shape index (κ2) is 8.44. The first-order valence-corrected chi connectivity index (χ1v) is 10.5. The van der Waals surface area contributed by atoms with Gasteiger partial charge in [-0.25, -0.2) is 0 Å². The normalized spacial score (nSPS) is 15.9. The SMILES string of the molecule is CCC(C)N1CC=C(c2c[nH]c3ccc(NC(=O)c4ccccc4Cl)cc23)CC1. The van der Waals surface area contributed by atoms with Crippen molar-refractivity contribution in [3.8, 4) is 0 Å². The molecule has 0 aliphatic carbocycles. The van der Waals surface area contributed by atoms with Crippen LogP contribution in [0.4, 0.5) is 5.69 Å². The van der Waals surface area contributed by atoms with Gasteiger partial charge in [-0.3, -0.25) is 9.69 Å². The number of carbonyl (C=O) groups is 1. The number of nitrogens with one attached hydrogen (secondary N) is 2. The molecule has 0 fully saturated rings. The molecule has 5 heteroatoms. The monoisotopic (exact) mass is 407 g/mol. The molecule has 1 unspecified atom stereocenters. The minimum absolute atomic E-state index is 0.201. The standard InChI is InChI=1S/C24H26ClN3O/c1-3-16(2)28-12-10-17(11-13-28)21-15-26-23-9-8-18(14-20(21)23)27-24(29)19-6-4-5-7-22(19)25/h4-10,14-16,26H,3,11-13H2,1-2H3,(H,27,29). The summed E-state index contributed by atoms with van der Waals surface area (Å²) in [5, 5.41) is 4.56. The lowest BCUT2D eigenvalue weighted by Crippen LogP contribution is -2.35. The summed E-state index contributed by atoms with van der Waals surface area (Å²) in [6, 6.07) is 13.7. The Balaban J connectivity index is 1.58. The van der Waals surface area contributed by atoms with Crippen LogP contribution < -0.4 is 5.32 Å². The van der Waals surface area contributed by atoms with Gasteiger partial charge in [-0.1, -0.05) is 36.7 Å². The van der Waals surface area contributed by atoms with Crippen molar-refractivity contribution in [2.24, 2.45) is 0 Å². The summed E-state index contributed by atoms with van der Waals surface area (Å²) in [4.78, 5) is 18.5. The summed E-state index contributed by atoms with van der Waals surface area (Å²) in [5.74, 6) is -0.201. The van der Waals surface area contributed by atoms with Gasteiger partial charge in [-0.15, -0.1) is 0 Å². The molecule has 1 aliphatic heterocycles. The van der Waals surface area contributed by atoms with Gasteiger partial charge in [0.1, 0.15) is 0 Å². The predicted octanol–water partition coefficient (Wildman–Crippen LogP) is 5.96. The fraction of sp³-hybridized carbons (Fsp3) is 0.292. The summed E-state index contributed by atoms with van der Waals surface area (Å²) in [6.07, 6.45) is 6.63. The maximum atomic E-state index is 12.6. The highest BCUT2D eigenvalue weighted by Gasteiger charge is 2.19. The van der Waals surface area contributed by atoms with E-state index in [1.54, 1.807) is 12.1 Å². The molecular weight excluding hydrogens is 382 g/mol. The topological polar surface area (TPSA) is 48.1 Å². The number of carbonyl (C=O) groups excluding carboxylic acids is 1. The molecule has 0 radical (unpaired) electrons. The maximum Gasteiger partial charge on any atom is 0.257 e. The molecule has 0 spiro atoms. The van der Waals surface area contributed by atoms with Crippen molar-refractivity contribution >= 4 is 39.7 Å². The Labute approximate surface area is 176 Å². The van der Waals surface area contributed by atoms with Crippen LogP contribution in [0, 0.1) is 0 Å². The van der Waals surface area contributed by atoms with E-state index in [0.29, 0.717) is 16.6 Å². The largest absolute Gasteiger partial charge is 0.361 e. The van der Waals surface area contributed by atoms with E-state index >= 15 is 0 Å². The van der Waals surface area contributed by atoms with E-state index in [9.17, 15) is 4.79 Å². The lowest BCUT2D eigenvalue weighted by molar-refractivity contribution is 0.102. The third-order valence-electron chi connectivity index (χ3n) is 5.86. The van der Waals surface area contributed by atoms with Gasteiger partial charge in [0.15, 0.2) is 0 Å². The molecule has 1 aromatic heterocycles. The van der Waals surface area contributed by atoms with Crippen LogP contribution in [0.5, 0.6) is 0 Å². The van der Waals surface area contributed by atoms with E-state index in [-0.39, 0.29) is 5.91 Å². The predicted molar refractivity (Wildman–Crippen MR) is 122 cm³/mol. The van der Waals surface area contributed by atoms with Crippen LogP contribution in [0.1, 0.15) is 42.6 Å². The number of benzene rings is 2. The molecule has 0 bridgehead atoms. The van der Waals surface area contributed by atoms with Gasteiger partial charge in [0, 0.05) is 47.5 Å². The van der Waals surface area contributed by atoms with Crippen LogP contribution >= 0.6 is 11.6 Å². The second-order valence-corrected chi connectivity index (χ2v) is 8.04. The summed E-state index contributed by atoms with van der Waals surface area (Å²) in [7, 11) is 0. The average molecular weight is 408 g/mol. The number of H-pyrrole nitrogens is 1. The van der Waals surface area contributed by atoms with Crippen molar-refractivity contribution < 1.29 is 4.79 Å². The van der Waals surface area contributed by atoms with Gasteiger partial charge in [-0.05, 0) is 55.7 Å². The van der Waals surface area contributed by atoms with E-state index < -0.39 is 0 Å². The molecule has 1 aliphatic rings. The molecule has 3 aromatic rings. The van der Waals surface area contributed by atoms with Crippen molar-refractivity contribution in [1.29, 1.82) is 0 Å². The zero-order valence-electron chi connectivity index (χ0n) is 16.8. The van der Waals surface area contributed by atoms with Crippen molar-refractivity contribution in [1.82, 2.24) is 9.88 Å². The molecule has 0 saturated heterocycles. The van der Waals surface area contributed by atoms with Crippen LogP contribution in [0.25, 0.3) is 16.5 Å². The van der Waals surface area contributed by atoms with E-state index in [1.807, 2.05) is 30.3 Å². The van der Waals surface area contributed by atoms with Crippen LogP contribution in [0.3, 0.4) is 0 Å². The van der Waals surface area contributed by atoms with Crippen LogP contribution in [-0.2, 0) is 0 Å². The van der Waals surface area contributed by atoms with Crippen molar-refractivity contribution in [2.45, 2.75) is 32.7 Å². The Morgan fingerprint density at radius 3 is 2.83 bits per heavy atom. The van der Waals surface area contributed by atoms with Gasteiger partial charge in [0.25, 0.3) is 5.91 Å². The van der Waals surface area contributed by atoms with Gasteiger partial charge in [-0.2, -0.15) is 0 Å². The summed E-state index contributed by atoms with van der Waals surface area (Å²) < 4.78 is 0. The number of hydrogen-bond donors (Lipinski definition) is 2. The van der Waals surface area contributed by atoms with E-state index in [0.717, 1.165) is 36.1 Å². The van der Waals surface area contributed by atoms with E-state index in [1.165, 1.54) is 17.6 Å². The number of halogens is 1. The van der Waals surface area contributed by atoms with E-state index in [2.05, 4.69) is 41.3 Å². The molecule has 2 aromatic carbocycles. The molecule has 29 heavy (non-hydrogen) atoms. The highest BCUT2D eigenvalue weighted by Crippen LogP contribution is 2.31. The number of anilines is 1. The van der Waals surface area contributed by atoms with Gasteiger partial charge >= 0.3 is 0 Å². The quantitative estimate of drug-likeness (QED) is 0.548. The highest BCUT2D eigenvalue weighted by atomic mass is 35.5. The molecule has 4 rings (SSSR count). The Morgan fingerprint density at radius 1 is 1.28 bits per heavy atom.